The molecule has 1 aromatic heterocycles. The Hall–Kier alpha value is -1.97. The van der Waals surface area contributed by atoms with Crippen LogP contribution in [0.5, 0.6) is 11.5 Å². The average Bonchev–Trinajstić information content (AvgIpc) is 2.44. The number of nitrogens with zero attached hydrogens (tertiary/aromatic N) is 1. The van der Waals surface area contributed by atoms with Gasteiger partial charge in [-0.25, -0.2) is 4.98 Å². The first kappa shape index (κ1) is 11.8. The molecule has 0 unspecified atom stereocenters. The van der Waals surface area contributed by atoms with Crippen LogP contribution in [-0.2, 0) is 0 Å². The number of rotatable bonds is 2. The summed E-state index contributed by atoms with van der Waals surface area (Å²) in [5, 5.41) is 5.80. The number of aromatic nitrogens is 1. The normalized spacial score (nSPS) is 24.2. The largest absolute Gasteiger partial charge is 0.486 e. The van der Waals surface area contributed by atoms with Crippen LogP contribution in [0.2, 0.25) is 0 Å². The van der Waals surface area contributed by atoms with E-state index in [0.29, 0.717) is 19.3 Å². The van der Waals surface area contributed by atoms with Crippen LogP contribution in [0.15, 0.2) is 24.4 Å². The Balaban J connectivity index is 1.73. The van der Waals surface area contributed by atoms with Crippen LogP contribution >= 0.6 is 0 Å². The van der Waals surface area contributed by atoms with Gasteiger partial charge in [-0.05, 0) is 42.3 Å². The minimum Gasteiger partial charge on any atom is -0.486 e. The number of benzene rings is 1. The monoisotopic (exact) mass is 270 g/mol. The predicted molar refractivity (Wildman–Crippen MR) is 78.5 cm³/mol. The summed E-state index contributed by atoms with van der Waals surface area (Å²) >= 11 is 0. The molecule has 0 saturated heterocycles. The summed E-state index contributed by atoms with van der Waals surface area (Å²) in [5.74, 6) is 3.43. The second-order valence-electron chi connectivity index (χ2n) is 5.79. The van der Waals surface area contributed by atoms with Crippen molar-refractivity contribution in [1.29, 1.82) is 0 Å². The van der Waals surface area contributed by atoms with E-state index >= 15 is 0 Å². The number of pyridine rings is 1. The van der Waals surface area contributed by atoms with E-state index in [9.17, 15) is 0 Å². The minimum atomic E-state index is 0.552. The Labute approximate surface area is 118 Å². The van der Waals surface area contributed by atoms with Crippen LogP contribution in [0.3, 0.4) is 0 Å². The standard InChI is InChI=1S/C16H18N2O2/c1-10-6-12(7-10)18-16-13-9-15-14(19-4-5-20-15)8-11(13)2-3-17-16/h2-3,8-10,12H,4-7H2,1H3,(H,17,18). The second kappa shape index (κ2) is 4.54. The van der Waals surface area contributed by atoms with E-state index in [1.54, 1.807) is 0 Å². The van der Waals surface area contributed by atoms with Gasteiger partial charge in [0.05, 0.1) is 0 Å². The molecule has 20 heavy (non-hydrogen) atoms. The number of fused-ring (bicyclic) bond motifs is 2. The van der Waals surface area contributed by atoms with E-state index in [1.165, 1.54) is 12.8 Å². The molecule has 4 heteroatoms. The van der Waals surface area contributed by atoms with Gasteiger partial charge in [0.25, 0.3) is 0 Å². The zero-order valence-corrected chi connectivity index (χ0v) is 11.6. The number of ether oxygens (including phenoxy) is 2. The molecule has 4 nitrogen and oxygen atoms in total. The molecule has 4 rings (SSSR count). The van der Waals surface area contributed by atoms with Gasteiger partial charge in [0.1, 0.15) is 19.0 Å². The minimum absolute atomic E-state index is 0.552. The second-order valence-corrected chi connectivity index (χ2v) is 5.79. The van der Waals surface area contributed by atoms with Crippen molar-refractivity contribution in [2.45, 2.75) is 25.8 Å². The molecule has 104 valence electrons. The van der Waals surface area contributed by atoms with Gasteiger partial charge < -0.3 is 14.8 Å². The number of nitrogens with one attached hydrogen (secondary N) is 1. The van der Waals surface area contributed by atoms with Crippen molar-refractivity contribution in [1.82, 2.24) is 4.98 Å². The smallest absolute Gasteiger partial charge is 0.162 e. The summed E-state index contributed by atoms with van der Waals surface area (Å²) in [5.41, 5.74) is 0. The van der Waals surface area contributed by atoms with Crippen molar-refractivity contribution in [2.75, 3.05) is 18.5 Å². The van der Waals surface area contributed by atoms with Crippen molar-refractivity contribution in [2.24, 2.45) is 5.92 Å². The lowest BCUT2D eigenvalue weighted by molar-refractivity contribution is 0.172. The summed E-state index contributed by atoms with van der Waals surface area (Å²) in [6, 6.07) is 6.65. The lowest BCUT2D eigenvalue weighted by atomic mass is 9.82. The van der Waals surface area contributed by atoms with Crippen LogP contribution in [0.4, 0.5) is 5.82 Å². The molecule has 2 heterocycles. The number of anilines is 1. The fourth-order valence-electron chi connectivity index (χ4n) is 3.04. The summed E-state index contributed by atoms with van der Waals surface area (Å²) in [7, 11) is 0. The third-order valence-electron chi connectivity index (χ3n) is 4.14. The maximum atomic E-state index is 5.67. The molecule has 0 spiro atoms. The highest BCUT2D eigenvalue weighted by Crippen LogP contribution is 2.37. The maximum absolute atomic E-state index is 5.67. The Kier molecular flexibility index (Phi) is 2.69. The molecular weight excluding hydrogens is 252 g/mol. The molecule has 1 aliphatic heterocycles. The molecule has 2 aromatic rings. The summed E-state index contributed by atoms with van der Waals surface area (Å²) in [6.45, 7) is 3.52. The van der Waals surface area contributed by atoms with Crippen LogP contribution in [-0.4, -0.2) is 24.2 Å². The highest BCUT2D eigenvalue weighted by atomic mass is 16.6. The van der Waals surface area contributed by atoms with Crippen molar-refractivity contribution in [3.63, 3.8) is 0 Å². The SMILES string of the molecule is CC1CC(Nc2nccc3cc4c(cc23)OCCO4)C1. The van der Waals surface area contributed by atoms with E-state index in [4.69, 9.17) is 9.47 Å². The van der Waals surface area contributed by atoms with E-state index < -0.39 is 0 Å². The van der Waals surface area contributed by atoms with Gasteiger partial charge in [-0.2, -0.15) is 0 Å². The fraction of sp³-hybridized carbons (Fsp3) is 0.438. The van der Waals surface area contributed by atoms with E-state index in [0.717, 1.165) is 34.0 Å². The zero-order valence-electron chi connectivity index (χ0n) is 11.6. The third kappa shape index (κ3) is 1.96. The van der Waals surface area contributed by atoms with Gasteiger partial charge in [-0.15, -0.1) is 0 Å². The van der Waals surface area contributed by atoms with Gasteiger partial charge >= 0.3 is 0 Å². The van der Waals surface area contributed by atoms with Crippen molar-refractivity contribution in [3.8, 4) is 11.5 Å². The third-order valence-corrected chi connectivity index (χ3v) is 4.14. The number of hydrogen-bond donors (Lipinski definition) is 1. The van der Waals surface area contributed by atoms with E-state index in [-0.39, 0.29) is 0 Å². The van der Waals surface area contributed by atoms with Gasteiger partial charge in [-0.3, -0.25) is 0 Å². The Bertz CT molecular complexity index is 650. The van der Waals surface area contributed by atoms with Gasteiger partial charge in [0.15, 0.2) is 11.5 Å². The first-order valence-corrected chi connectivity index (χ1v) is 7.24. The summed E-state index contributed by atoms with van der Waals surface area (Å²) in [6.07, 6.45) is 4.30. The number of hydrogen-bond acceptors (Lipinski definition) is 4. The van der Waals surface area contributed by atoms with Crippen molar-refractivity contribution < 1.29 is 9.47 Å². The molecule has 1 fully saturated rings. The highest BCUT2D eigenvalue weighted by molar-refractivity contribution is 5.94. The summed E-state index contributed by atoms with van der Waals surface area (Å²) in [4.78, 5) is 4.50. The quantitative estimate of drug-likeness (QED) is 0.910. The maximum Gasteiger partial charge on any atom is 0.162 e. The lowest BCUT2D eigenvalue weighted by Gasteiger charge is -2.34. The van der Waals surface area contributed by atoms with E-state index in [1.807, 2.05) is 24.4 Å². The molecule has 0 radical (unpaired) electrons. The molecule has 0 atom stereocenters. The van der Waals surface area contributed by atoms with E-state index in [2.05, 4.69) is 17.2 Å². The first-order chi connectivity index (χ1) is 9.79. The predicted octanol–water partition coefficient (Wildman–Crippen LogP) is 3.22. The highest BCUT2D eigenvalue weighted by Gasteiger charge is 2.26. The zero-order chi connectivity index (χ0) is 13.5. The molecule has 1 aliphatic carbocycles. The van der Waals surface area contributed by atoms with Gasteiger partial charge in [-0.1, -0.05) is 6.92 Å². The van der Waals surface area contributed by atoms with Crippen molar-refractivity contribution in [3.05, 3.63) is 24.4 Å². The van der Waals surface area contributed by atoms with Crippen LogP contribution in [0.25, 0.3) is 10.8 Å². The molecular formula is C16H18N2O2. The molecule has 2 aliphatic rings. The Morgan fingerprint density at radius 3 is 2.65 bits per heavy atom. The first-order valence-electron chi connectivity index (χ1n) is 7.24. The molecule has 1 saturated carbocycles. The van der Waals surface area contributed by atoms with Gasteiger partial charge in [0, 0.05) is 17.6 Å². The average molecular weight is 270 g/mol. The van der Waals surface area contributed by atoms with Gasteiger partial charge in [0.2, 0.25) is 0 Å². The lowest BCUT2D eigenvalue weighted by Crippen LogP contribution is -2.34. The fourth-order valence-corrected chi connectivity index (χ4v) is 3.04. The molecule has 0 amide bonds. The van der Waals surface area contributed by atoms with Crippen LogP contribution in [0, 0.1) is 5.92 Å². The Morgan fingerprint density at radius 2 is 1.90 bits per heavy atom. The summed E-state index contributed by atoms with van der Waals surface area (Å²) < 4.78 is 11.3. The van der Waals surface area contributed by atoms with Crippen molar-refractivity contribution >= 4 is 16.6 Å². The molecule has 1 N–H and O–H groups in total. The van der Waals surface area contributed by atoms with Crippen LogP contribution in [0.1, 0.15) is 19.8 Å². The molecule has 1 aromatic carbocycles. The van der Waals surface area contributed by atoms with Crippen LogP contribution < -0.4 is 14.8 Å². The molecule has 0 bridgehead atoms. The topological polar surface area (TPSA) is 43.4 Å². The Morgan fingerprint density at radius 1 is 1.15 bits per heavy atom.